The van der Waals surface area contributed by atoms with Crippen LogP contribution in [0.1, 0.15) is 37.0 Å². The highest BCUT2D eigenvalue weighted by Gasteiger charge is 2.25. The van der Waals surface area contributed by atoms with Crippen molar-refractivity contribution in [3.63, 3.8) is 0 Å². The molecule has 6 heteroatoms. The molecule has 3 N–H and O–H groups in total. The van der Waals surface area contributed by atoms with E-state index in [1.54, 1.807) is 24.3 Å². The van der Waals surface area contributed by atoms with Gasteiger partial charge in [0, 0.05) is 30.9 Å². The van der Waals surface area contributed by atoms with Gasteiger partial charge in [-0.25, -0.2) is 0 Å². The quantitative estimate of drug-likeness (QED) is 0.852. The van der Waals surface area contributed by atoms with Gasteiger partial charge in [-0.1, -0.05) is 13.8 Å². The molecule has 1 aliphatic heterocycles. The number of piperidine rings is 1. The van der Waals surface area contributed by atoms with Crippen LogP contribution in [0.5, 0.6) is 0 Å². The Balaban J connectivity index is 1.99. The molecule has 0 bridgehead atoms. The van der Waals surface area contributed by atoms with E-state index in [9.17, 15) is 9.59 Å². The van der Waals surface area contributed by atoms with E-state index in [0.717, 1.165) is 25.9 Å². The number of hydrogen-bond acceptors (Lipinski definition) is 4. The third-order valence-corrected chi connectivity index (χ3v) is 4.89. The van der Waals surface area contributed by atoms with Gasteiger partial charge in [-0.05, 0) is 56.6 Å². The topological polar surface area (TPSA) is 78.7 Å². The Hall–Kier alpha value is -1.92. The van der Waals surface area contributed by atoms with Crippen molar-refractivity contribution in [3.05, 3.63) is 29.8 Å². The highest BCUT2D eigenvalue weighted by Crippen LogP contribution is 2.17. The lowest BCUT2D eigenvalue weighted by Crippen LogP contribution is -2.47. The summed E-state index contributed by atoms with van der Waals surface area (Å²) in [6.07, 6.45) is 2.15. The zero-order valence-corrected chi connectivity index (χ0v) is 15.7. The zero-order chi connectivity index (χ0) is 18.6. The predicted molar refractivity (Wildman–Crippen MR) is 100 cm³/mol. The molecule has 1 fully saturated rings. The Kier molecular flexibility index (Phi) is 6.56. The lowest BCUT2D eigenvalue weighted by molar-refractivity contribution is -0.118. The van der Waals surface area contributed by atoms with Gasteiger partial charge in [-0.15, -0.1) is 0 Å². The first-order chi connectivity index (χ1) is 11.8. The average Bonchev–Trinajstić information content (AvgIpc) is 2.60. The van der Waals surface area contributed by atoms with Crippen LogP contribution >= 0.6 is 0 Å². The van der Waals surface area contributed by atoms with Crippen molar-refractivity contribution in [2.24, 2.45) is 11.7 Å². The van der Waals surface area contributed by atoms with Crippen molar-refractivity contribution in [1.29, 1.82) is 0 Å². The summed E-state index contributed by atoms with van der Waals surface area (Å²) in [4.78, 5) is 28.8. The summed E-state index contributed by atoms with van der Waals surface area (Å²) in [5.74, 6) is -0.128. The lowest BCUT2D eigenvalue weighted by atomic mass is 10.0. The highest BCUT2D eigenvalue weighted by molar-refractivity contribution is 5.97. The minimum Gasteiger partial charge on any atom is -0.337 e. The van der Waals surface area contributed by atoms with Crippen LogP contribution in [0.25, 0.3) is 0 Å². The summed E-state index contributed by atoms with van der Waals surface area (Å²) in [6, 6.07) is 6.70. The molecule has 1 aromatic carbocycles. The van der Waals surface area contributed by atoms with E-state index >= 15 is 0 Å². The van der Waals surface area contributed by atoms with Crippen LogP contribution in [0.15, 0.2) is 24.3 Å². The SMILES string of the molecule is CC(C)[C@H](N)C(=O)Nc1ccc(C(=O)N(C)C2CCCN(C)C2)cc1. The van der Waals surface area contributed by atoms with Gasteiger partial charge in [0.2, 0.25) is 5.91 Å². The van der Waals surface area contributed by atoms with Crippen molar-refractivity contribution < 1.29 is 9.59 Å². The predicted octanol–water partition coefficient (Wildman–Crippen LogP) is 1.77. The van der Waals surface area contributed by atoms with Crippen LogP contribution in [0.4, 0.5) is 5.69 Å². The second-order valence-electron chi connectivity index (χ2n) is 7.31. The van der Waals surface area contributed by atoms with Crippen LogP contribution in [0, 0.1) is 5.92 Å². The summed E-state index contributed by atoms with van der Waals surface area (Å²) in [6.45, 7) is 5.81. The Morgan fingerprint density at radius 1 is 1.28 bits per heavy atom. The normalized spacial score (nSPS) is 19.5. The molecule has 138 valence electrons. The summed E-state index contributed by atoms with van der Waals surface area (Å²) < 4.78 is 0. The maximum absolute atomic E-state index is 12.7. The standard InChI is InChI=1S/C19H30N4O2/c1-13(2)17(20)18(24)21-15-9-7-14(8-10-15)19(25)23(4)16-6-5-11-22(3)12-16/h7-10,13,16-17H,5-6,11-12,20H2,1-4H3,(H,21,24)/t16?,17-/m0/s1. The number of nitrogens with zero attached hydrogens (tertiary/aromatic N) is 2. The fraction of sp³-hybridized carbons (Fsp3) is 0.579. The van der Waals surface area contributed by atoms with Crippen LogP contribution in [-0.4, -0.2) is 60.9 Å². The van der Waals surface area contributed by atoms with Crippen LogP contribution in [-0.2, 0) is 4.79 Å². The second kappa shape index (κ2) is 8.45. The molecule has 0 spiro atoms. The van der Waals surface area contributed by atoms with Gasteiger partial charge < -0.3 is 20.9 Å². The molecule has 0 aromatic heterocycles. The average molecular weight is 346 g/mol. The summed E-state index contributed by atoms with van der Waals surface area (Å²) in [5.41, 5.74) is 7.12. The Bertz CT molecular complexity index is 600. The minimum atomic E-state index is -0.546. The van der Waals surface area contributed by atoms with Crippen molar-refractivity contribution in [1.82, 2.24) is 9.80 Å². The molecule has 6 nitrogen and oxygen atoms in total. The molecule has 0 aliphatic carbocycles. The smallest absolute Gasteiger partial charge is 0.253 e. The van der Waals surface area contributed by atoms with E-state index in [0.29, 0.717) is 11.3 Å². The number of rotatable bonds is 5. The number of benzene rings is 1. The molecule has 2 amide bonds. The van der Waals surface area contributed by atoms with Crippen molar-refractivity contribution in [2.45, 2.75) is 38.8 Å². The van der Waals surface area contributed by atoms with Gasteiger partial charge in [0.1, 0.15) is 0 Å². The molecule has 2 atom stereocenters. The number of amides is 2. The van der Waals surface area contributed by atoms with Gasteiger partial charge in [0.25, 0.3) is 5.91 Å². The van der Waals surface area contributed by atoms with Crippen LogP contribution in [0.3, 0.4) is 0 Å². The van der Waals surface area contributed by atoms with Gasteiger partial charge in [-0.3, -0.25) is 9.59 Å². The van der Waals surface area contributed by atoms with E-state index < -0.39 is 6.04 Å². The molecule has 1 aromatic rings. The van der Waals surface area contributed by atoms with E-state index in [2.05, 4.69) is 17.3 Å². The molecule has 0 saturated carbocycles. The summed E-state index contributed by atoms with van der Waals surface area (Å²) in [5, 5.41) is 2.79. The molecular weight excluding hydrogens is 316 g/mol. The maximum atomic E-state index is 12.7. The van der Waals surface area contributed by atoms with Gasteiger partial charge in [-0.2, -0.15) is 0 Å². The first-order valence-electron chi connectivity index (χ1n) is 8.91. The van der Waals surface area contributed by atoms with E-state index in [1.807, 2.05) is 25.8 Å². The van der Waals surface area contributed by atoms with E-state index in [1.165, 1.54) is 0 Å². The molecule has 1 heterocycles. The van der Waals surface area contributed by atoms with Crippen LogP contribution in [0.2, 0.25) is 0 Å². The summed E-state index contributed by atoms with van der Waals surface area (Å²) in [7, 11) is 3.95. The fourth-order valence-electron chi connectivity index (χ4n) is 3.05. The van der Waals surface area contributed by atoms with E-state index in [-0.39, 0.29) is 23.8 Å². The molecule has 25 heavy (non-hydrogen) atoms. The number of carbonyl (C=O) groups excluding carboxylic acids is 2. The maximum Gasteiger partial charge on any atom is 0.253 e. The lowest BCUT2D eigenvalue weighted by Gasteiger charge is -2.35. The molecule has 2 rings (SSSR count). The fourth-order valence-corrected chi connectivity index (χ4v) is 3.05. The molecule has 1 unspecified atom stereocenters. The highest BCUT2D eigenvalue weighted by atomic mass is 16.2. The van der Waals surface area contributed by atoms with E-state index in [4.69, 9.17) is 5.73 Å². The number of likely N-dealkylation sites (tertiary alicyclic amines) is 1. The summed E-state index contributed by atoms with van der Waals surface area (Å²) >= 11 is 0. The monoisotopic (exact) mass is 346 g/mol. The number of carbonyl (C=O) groups is 2. The van der Waals surface area contributed by atoms with Crippen molar-refractivity contribution >= 4 is 17.5 Å². The second-order valence-corrected chi connectivity index (χ2v) is 7.31. The van der Waals surface area contributed by atoms with Gasteiger partial charge in [0.15, 0.2) is 0 Å². The van der Waals surface area contributed by atoms with Crippen molar-refractivity contribution in [3.8, 4) is 0 Å². The number of hydrogen-bond donors (Lipinski definition) is 2. The largest absolute Gasteiger partial charge is 0.337 e. The Morgan fingerprint density at radius 2 is 1.92 bits per heavy atom. The first kappa shape index (κ1) is 19.4. The third-order valence-electron chi connectivity index (χ3n) is 4.89. The molecular formula is C19H30N4O2. The third kappa shape index (κ3) is 5.03. The number of nitrogens with one attached hydrogen (secondary N) is 1. The molecule has 1 saturated heterocycles. The Labute approximate surface area is 150 Å². The number of nitrogens with two attached hydrogens (primary N) is 1. The van der Waals surface area contributed by atoms with Gasteiger partial charge >= 0.3 is 0 Å². The first-order valence-corrected chi connectivity index (χ1v) is 8.91. The van der Waals surface area contributed by atoms with Gasteiger partial charge in [0.05, 0.1) is 6.04 Å². The zero-order valence-electron chi connectivity index (χ0n) is 15.7. The number of likely N-dealkylation sites (N-methyl/N-ethyl adjacent to an activating group) is 2. The minimum absolute atomic E-state index is 0.0112. The Morgan fingerprint density at radius 3 is 2.48 bits per heavy atom. The van der Waals surface area contributed by atoms with Crippen LogP contribution < -0.4 is 11.1 Å². The van der Waals surface area contributed by atoms with Crippen molar-refractivity contribution in [2.75, 3.05) is 32.5 Å². The molecule has 1 aliphatic rings. The molecule has 0 radical (unpaired) electrons. The number of anilines is 1.